The van der Waals surface area contributed by atoms with Crippen molar-refractivity contribution in [2.24, 2.45) is 0 Å². The highest BCUT2D eigenvalue weighted by molar-refractivity contribution is 6.28. The van der Waals surface area contributed by atoms with E-state index in [1.165, 1.54) is 19.2 Å². The molecule has 2 aromatic rings. The lowest BCUT2D eigenvalue weighted by atomic mass is 9.92. The van der Waals surface area contributed by atoms with Crippen LogP contribution >= 0.6 is 11.6 Å². The summed E-state index contributed by atoms with van der Waals surface area (Å²) in [5.74, 6) is -4.13. The molecular weight excluding hydrogens is 485 g/mol. The second kappa shape index (κ2) is 11.1. The average Bonchev–Trinajstić information content (AvgIpc) is 3.27. The van der Waals surface area contributed by atoms with E-state index in [1.54, 1.807) is 4.90 Å². The van der Waals surface area contributed by atoms with Crippen LogP contribution in [0.5, 0.6) is 0 Å². The zero-order valence-corrected chi connectivity index (χ0v) is 21.0. The van der Waals surface area contributed by atoms with Crippen LogP contribution in [0.2, 0.25) is 5.28 Å². The second-order valence-electron chi connectivity index (χ2n) is 8.26. The molecule has 11 heteroatoms. The minimum atomic E-state index is -3.30. The third kappa shape index (κ3) is 5.70. The number of hydrogen-bond acceptors (Lipinski definition) is 6. The van der Waals surface area contributed by atoms with Gasteiger partial charge in [-0.05, 0) is 11.6 Å². The number of halogens is 4. The maximum Gasteiger partial charge on any atom is 0.273 e. The van der Waals surface area contributed by atoms with Crippen LogP contribution in [-0.4, -0.2) is 46.7 Å². The molecule has 2 aliphatic rings. The van der Waals surface area contributed by atoms with Crippen molar-refractivity contribution in [3.63, 3.8) is 0 Å². The second-order valence-corrected chi connectivity index (χ2v) is 8.60. The Morgan fingerprint density at radius 3 is 2.57 bits per heavy atom. The highest BCUT2D eigenvalue weighted by Gasteiger charge is 2.45. The van der Waals surface area contributed by atoms with Crippen molar-refractivity contribution in [1.29, 1.82) is 0 Å². The molecule has 192 valence electrons. The summed E-state index contributed by atoms with van der Waals surface area (Å²) in [4.78, 5) is 23.3. The van der Waals surface area contributed by atoms with Gasteiger partial charge in [0.2, 0.25) is 5.28 Å². The summed E-state index contributed by atoms with van der Waals surface area (Å²) in [6.45, 7) is 5.86. The fourth-order valence-corrected chi connectivity index (χ4v) is 4.43. The maximum atomic E-state index is 14.6. The molecule has 0 aliphatic carbocycles. The van der Waals surface area contributed by atoms with Crippen molar-refractivity contribution in [1.82, 2.24) is 14.9 Å². The molecule has 0 unspecified atom stereocenters. The van der Waals surface area contributed by atoms with Gasteiger partial charge in [0.1, 0.15) is 11.6 Å². The van der Waals surface area contributed by atoms with Crippen molar-refractivity contribution in [2.45, 2.75) is 64.8 Å². The standard InChI is InChI=1S/C22H24ClF3N4O3.C2H6/c1-21(25,26)15-5-3-4-13(17(15)24)10-27-18-14-11-30(12-16(14)28-20(23)29-18)19(31)22(32-2)6-8-33-9-7-22;1-2/h3-5H,6-12H2,1-2H3,(H,27,28,29);1-2H3. The van der Waals surface area contributed by atoms with Crippen LogP contribution in [0.3, 0.4) is 0 Å². The van der Waals surface area contributed by atoms with E-state index in [1.807, 2.05) is 13.8 Å². The molecule has 1 fully saturated rings. The molecule has 4 rings (SSSR count). The quantitative estimate of drug-likeness (QED) is 0.543. The zero-order valence-electron chi connectivity index (χ0n) is 20.3. The summed E-state index contributed by atoms with van der Waals surface area (Å²) in [5.41, 5.74) is -0.364. The Labute approximate surface area is 208 Å². The first kappa shape index (κ1) is 27.2. The number of rotatable bonds is 6. The Morgan fingerprint density at radius 1 is 1.26 bits per heavy atom. The molecule has 3 heterocycles. The Kier molecular flexibility index (Phi) is 8.61. The van der Waals surface area contributed by atoms with Gasteiger partial charge in [0.05, 0.1) is 24.3 Å². The number of nitrogens with one attached hydrogen (secondary N) is 1. The predicted molar refractivity (Wildman–Crippen MR) is 126 cm³/mol. The fraction of sp³-hybridized carbons (Fsp3) is 0.542. The van der Waals surface area contributed by atoms with Gasteiger partial charge in [0, 0.05) is 57.8 Å². The van der Waals surface area contributed by atoms with Crippen LogP contribution in [0.15, 0.2) is 18.2 Å². The van der Waals surface area contributed by atoms with E-state index in [-0.39, 0.29) is 36.4 Å². The topological polar surface area (TPSA) is 76.6 Å². The minimum Gasteiger partial charge on any atom is -0.381 e. The SMILES string of the molecule is CC.COC1(C(=O)N2Cc3nc(Cl)nc(NCc4cccc(C(C)(F)F)c4F)c3C2)CCOCC1. The van der Waals surface area contributed by atoms with E-state index in [2.05, 4.69) is 15.3 Å². The molecule has 1 aromatic heterocycles. The largest absolute Gasteiger partial charge is 0.381 e. The molecule has 1 aromatic carbocycles. The number of ether oxygens (including phenoxy) is 2. The fourth-order valence-electron chi connectivity index (χ4n) is 4.24. The number of benzene rings is 1. The average molecular weight is 515 g/mol. The molecule has 1 N–H and O–H groups in total. The van der Waals surface area contributed by atoms with Crippen molar-refractivity contribution < 1.29 is 27.4 Å². The Hall–Kier alpha value is -2.43. The monoisotopic (exact) mass is 514 g/mol. The molecule has 7 nitrogen and oxygen atoms in total. The number of carbonyl (C=O) groups is 1. The van der Waals surface area contributed by atoms with Gasteiger partial charge >= 0.3 is 0 Å². The van der Waals surface area contributed by atoms with Crippen molar-refractivity contribution in [2.75, 3.05) is 25.6 Å². The number of nitrogens with zero attached hydrogens (tertiary/aromatic N) is 3. The molecule has 0 saturated carbocycles. The molecule has 1 saturated heterocycles. The third-order valence-electron chi connectivity index (χ3n) is 6.12. The van der Waals surface area contributed by atoms with Crippen molar-refractivity contribution in [3.8, 4) is 0 Å². The lowest BCUT2D eigenvalue weighted by Crippen LogP contribution is -2.51. The van der Waals surface area contributed by atoms with E-state index in [4.69, 9.17) is 21.1 Å². The first-order valence-corrected chi connectivity index (χ1v) is 11.9. The van der Waals surface area contributed by atoms with Gasteiger partial charge in [-0.2, -0.15) is 0 Å². The molecule has 0 spiro atoms. The Bertz CT molecular complexity index is 1060. The summed E-state index contributed by atoms with van der Waals surface area (Å²) in [6.07, 6.45) is 0.898. The van der Waals surface area contributed by atoms with E-state index < -0.39 is 22.9 Å². The predicted octanol–water partition coefficient (Wildman–Crippen LogP) is 5.06. The highest BCUT2D eigenvalue weighted by Crippen LogP contribution is 2.34. The lowest BCUT2D eigenvalue weighted by Gasteiger charge is -2.37. The van der Waals surface area contributed by atoms with E-state index in [0.717, 1.165) is 6.07 Å². The summed E-state index contributed by atoms with van der Waals surface area (Å²) >= 11 is 6.08. The van der Waals surface area contributed by atoms with Crippen LogP contribution in [0.25, 0.3) is 0 Å². The van der Waals surface area contributed by atoms with Gasteiger partial charge in [0.15, 0.2) is 5.60 Å². The number of methoxy groups -OCH3 is 1. The van der Waals surface area contributed by atoms with Crippen LogP contribution in [-0.2, 0) is 39.8 Å². The molecule has 0 radical (unpaired) electrons. The molecule has 1 amide bonds. The number of amides is 1. The van der Waals surface area contributed by atoms with Crippen LogP contribution in [0.1, 0.15) is 56.0 Å². The smallest absolute Gasteiger partial charge is 0.273 e. The maximum absolute atomic E-state index is 14.6. The molecule has 35 heavy (non-hydrogen) atoms. The molecular formula is C24H30ClF3N4O3. The highest BCUT2D eigenvalue weighted by atomic mass is 35.5. The van der Waals surface area contributed by atoms with Gasteiger partial charge in [-0.1, -0.05) is 32.0 Å². The zero-order chi connectivity index (χ0) is 25.8. The van der Waals surface area contributed by atoms with Gasteiger partial charge in [-0.15, -0.1) is 0 Å². The van der Waals surface area contributed by atoms with E-state index >= 15 is 0 Å². The lowest BCUT2D eigenvalue weighted by molar-refractivity contribution is -0.167. The molecule has 0 atom stereocenters. The summed E-state index contributed by atoms with van der Waals surface area (Å²) in [6, 6.07) is 3.86. The molecule has 2 aliphatic heterocycles. The number of anilines is 1. The number of aromatic nitrogens is 2. The number of fused-ring (bicyclic) bond motifs is 1. The van der Waals surface area contributed by atoms with Crippen LogP contribution < -0.4 is 5.32 Å². The Balaban J connectivity index is 0.00000167. The summed E-state index contributed by atoms with van der Waals surface area (Å²) in [7, 11) is 1.51. The van der Waals surface area contributed by atoms with Gasteiger partial charge in [-0.3, -0.25) is 4.79 Å². The third-order valence-corrected chi connectivity index (χ3v) is 6.29. The van der Waals surface area contributed by atoms with E-state index in [9.17, 15) is 18.0 Å². The first-order chi connectivity index (χ1) is 16.6. The minimum absolute atomic E-state index is 0.0348. The van der Waals surface area contributed by atoms with E-state index in [0.29, 0.717) is 50.1 Å². The number of carbonyl (C=O) groups excluding carboxylic acids is 1. The summed E-state index contributed by atoms with van der Waals surface area (Å²) in [5, 5.41) is 2.94. The number of alkyl halides is 2. The van der Waals surface area contributed by atoms with Gasteiger partial charge in [-0.25, -0.2) is 23.1 Å². The van der Waals surface area contributed by atoms with Crippen molar-refractivity contribution >= 4 is 23.3 Å². The Morgan fingerprint density at radius 2 is 1.94 bits per heavy atom. The van der Waals surface area contributed by atoms with Crippen molar-refractivity contribution in [3.05, 3.63) is 51.7 Å². The van der Waals surface area contributed by atoms with Crippen LogP contribution in [0.4, 0.5) is 19.0 Å². The van der Waals surface area contributed by atoms with Crippen LogP contribution in [0, 0.1) is 5.82 Å². The number of hydrogen-bond donors (Lipinski definition) is 1. The van der Waals surface area contributed by atoms with Gasteiger partial charge < -0.3 is 19.7 Å². The normalized spacial score (nSPS) is 16.9. The molecule has 0 bridgehead atoms. The summed E-state index contributed by atoms with van der Waals surface area (Å²) < 4.78 is 52.9. The first-order valence-electron chi connectivity index (χ1n) is 11.5. The van der Waals surface area contributed by atoms with Gasteiger partial charge in [0.25, 0.3) is 11.8 Å².